The molecule has 1 aromatic rings. The number of amides is 1. The van der Waals surface area contributed by atoms with Crippen LogP contribution in [0.4, 0.5) is 10.5 Å². The van der Waals surface area contributed by atoms with E-state index in [1.165, 1.54) is 0 Å². The second kappa shape index (κ2) is 6.41. The van der Waals surface area contributed by atoms with Crippen molar-refractivity contribution in [3.05, 3.63) is 24.0 Å². The number of anilines is 1. The molecular formula is C14H21N3O2. The number of ether oxygens (including phenoxy) is 1. The number of aryl methyl sites for hydroxylation is 1. The maximum Gasteiger partial charge on any atom is 0.409 e. The zero-order chi connectivity index (χ0) is 13.7. The Balaban J connectivity index is 1.84. The smallest absolute Gasteiger partial charge is 0.409 e. The Kier molecular flexibility index (Phi) is 4.60. The third-order valence-electron chi connectivity index (χ3n) is 3.39. The van der Waals surface area contributed by atoms with E-state index in [9.17, 15) is 4.79 Å². The van der Waals surface area contributed by atoms with Crippen molar-refractivity contribution in [2.75, 3.05) is 25.0 Å². The third-order valence-corrected chi connectivity index (χ3v) is 3.39. The summed E-state index contributed by atoms with van der Waals surface area (Å²) in [4.78, 5) is 17.6. The molecule has 5 nitrogen and oxygen atoms in total. The number of piperidine rings is 1. The Hall–Kier alpha value is -1.78. The number of likely N-dealkylation sites (tertiary alicyclic amines) is 1. The molecule has 0 aliphatic carbocycles. The van der Waals surface area contributed by atoms with Crippen molar-refractivity contribution >= 4 is 11.8 Å². The maximum atomic E-state index is 11.6. The predicted octanol–water partition coefficient (Wildman–Crippen LogP) is 2.42. The number of hydrogen-bond donors (Lipinski definition) is 1. The summed E-state index contributed by atoms with van der Waals surface area (Å²) >= 11 is 0. The highest BCUT2D eigenvalue weighted by atomic mass is 16.6. The summed E-state index contributed by atoms with van der Waals surface area (Å²) in [7, 11) is 0. The van der Waals surface area contributed by atoms with Gasteiger partial charge >= 0.3 is 6.09 Å². The van der Waals surface area contributed by atoms with Gasteiger partial charge < -0.3 is 15.0 Å². The normalized spacial score (nSPS) is 16.2. The van der Waals surface area contributed by atoms with Gasteiger partial charge in [-0.1, -0.05) is 0 Å². The summed E-state index contributed by atoms with van der Waals surface area (Å²) in [6, 6.07) is 4.37. The molecule has 0 spiro atoms. The van der Waals surface area contributed by atoms with Gasteiger partial charge in [0, 0.05) is 25.3 Å². The van der Waals surface area contributed by atoms with Gasteiger partial charge in [-0.05, 0) is 38.8 Å². The van der Waals surface area contributed by atoms with E-state index in [4.69, 9.17) is 4.74 Å². The van der Waals surface area contributed by atoms with Gasteiger partial charge in [0.05, 0.1) is 18.0 Å². The minimum Gasteiger partial charge on any atom is -0.450 e. The predicted molar refractivity (Wildman–Crippen MR) is 74.2 cm³/mol. The zero-order valence-corrected chi connectivity index (χ0v) is 11.6. The molecule has 0 atom stereocenters. The van der Waals surface area contributed by atoms with Crippen LogP contribution in [0.2, 0.25) is 0 Å². The van der Waals surface area contributed by atoms with Crippen molar-refractivity contribution in [1.29, 1.82) is 0 Å². The number of aromatic nitrogens is 1. The van der Waals surface area contributed by atoms with E-state index in [-0.39, 0.29) is 6.09 Å². The molecule has 104 valence electrons. The van der Waals surface area contributed by atoms with Gasteiger partial charge in [-0.25, -0.2) is 4.79 Å². The average molecular weight is 263 g/mol. The Labute approximate surface area is 114 Å². The van der Waals surface area contributed by atoms with E-state index in [1.54, 1.807) is 11.1 Å². The summed E-state index contributed by atoms with van der Waals surface area (Å²) in [5, 5.41) is 3.50. The molecule has 2 rings (SSSR count). The van der Waals surface area contributed by atoms with Crippen LogP contribution in [0.15, 0.2) is 18.3 Å². The fraction of sp³-hybridized carbons (Fsp3) is 0.571. The van der Waals surface area contributed by atoms with Crippen LogP contribution < -0.4 is 5.32 Å². The number of hydrogen-bond acceptors (Lipinski definition) is 4. The number of nitrogens with zero attached hydrogens (tertiary/aromatic N) is 2. The van der Waals surface area contributed by atoms with Crippen LogP contribution in [0, 0.1) is 6.92 Å². The van der Waals surface area contributed by atoms with Crippen molar-refractivity contribution in [2.45, 2.75) is 32.7 Å². The van der Waals surface area contributed by atoms with Crippen molar-refractivity contribution in [1.82, 2.24) is 9.88 Å². The first kappa shape index (κ1) is 13.6. The summed E-state index contributed by atoms with van der Waals surface area (Å²) in [6.45, 7) is 5.75. The van der Waals surface area contributed by atoms with Crippen LogP contribution in [0.3, 0.4) is 0 Å². The highest BCUT2D eigenvalue weighted by Gasteiger charge is 2.23. The maximum absolute atomic E-state index is 11.6. The zero-order valence-electron chi connectivity index (χ0n) is 11.6. The Morgan fingerprint density at radius 1 is 1.53 bits per heavy atom. The van der Waals surface area contributed by atoms with E-state index in [1.807, 2.05) is 26.0 Å². The Morgan fingerprint density at radius 2 is 2.26 bits per heavy atom. The van der Waals surface area contributed by atoms with Gasteiger partial charge in [0.1, 0.15) is 0 Å². The first-order valence-corrected chi connectivity index (χ1v) is 6.80. The molecule has 0 unspecified atom stereocenters. The number of carbonyl (C=O) groups excluding carboxylic acids is 1. The van der Waals surface area contributed by atoms with E-state index in [2.05, 4.69) is 10.3 Å². The third kappa shape index (κ3) is 3.59. The summed E-state index contributed by atoms with van der Waals surface area (Å²) < 4.78 is 5.01. The Morgan fingerprint density at radius 3 is 2.89 bits per heavy atom. The highest BCUT2D eigenvalue weighted by molar-refractivity contribution is 5.67. The molecule has 1 N–H and O–H groups in total. The lowest BCUT2D eigenvalue weighted by molar-refractivity contribution is 0.0983. The number of rotatable bonds is 3. The standard InChI is InChI=1S/C14H21N3O2/c1-3-19-14(18)17-9-6-12(7-10-17)16-13-5-4-8-15-11(13)2/h4-5,8,12,16H,3,6-7,9-10H2,1-2H3. The van der Waals surface area contributed by atoms with Gasteiger partial charge in [0.2, 0.25) is 0 Å². The molecule has 1 aliphatic rings. The minimum absolute atomic E-state index is 0.196. The van der Waals surface area contributed by atoms with Crippen LogP contribution in [0.25, 0.3) is 0 Å². The first-order valence-electron chi connectivity index (χ1n) is 6.80. The molecule has 5 heteroatoms. The lowest BCUT2D eigenvalue weighted by atomic mass is 10.0. The van der Waals surface area contributed by atoms with E-state index >= 15 is 0 Å². The van der Waals surface area contributed by atoms with Gasteiger partial charge in [0.15, 0.2) is 0 Å². The molecule has 0 radical (unpaired) electrons. The van der Waals surface area contributed by atoms with Crippen molar-refractivity contribution in [3.63, 3.8) is 0 Å². The molecule has 1 amide bonds. The van der Waals surface area contributed by atoms with Gasteiger partial charge in [0.25, 0.3) is 0 Å². The van der Waals surface area contributed by atoms with Gasteiger partial charge in [-0.15, -0.1) is 0 Å². The molecule has 19 heavy (non-hydrogen) atoms. The fourth-order valence-corrected chi connectivity index (χ4v) is 2.28. The first-order chi connectivity index (χ1) is 9.20. The topological polar surface area (TPSA) is 54.5 Å². The van der Waals surface area contributed by atoms with Crippen molar-refractivity contribution < 1.29 is 9.53 Å². The second-order valence-corrected chi connectivity index (χ2v) is 4.74. The largest absolute Gasteiger partial charge is 0.450 e. The average Bonchev–Trinajstić information content (AvgIpc) is 2.42. The Bertz CT molecular complexity index is 428. The van der Waals surface area contributed by atoms with Crippen LogP contribution in [0.5, 0.6) is 0 Å². The molecule has 2 heterocycles. The van der Waals surface area contributed by atoms with E-state index in [0.29, 0.717) is 12.6 Å². The highest BCUT2D eigenvalue weighted by Crippen LogP contribution is 2.18. The quantitative estimate of drug-likeness (QED) is 0.910. The van der Waals surface area contributed by atoms with E-state index < -0.39 is 0 Å². The molecule has 1 aliphatic heterocycles. The lowest BCUT2D eigenvalue weighted by Crippen LogP contribution is -2.42. The van der Waals surface area contributed by atoms with Crippen LogP contribution in [-0.2, 0) is 4.74 Å². The summed E-state index contributed by atoms with van der Waals surface area (Å²) in [6.07, 6.45) is 3.47. The molecule has 0 saturated carbocycles. The summed E-state index contributed by atoms with van der Waals surface area (Å²) in [5.41, 5.74) is 2.09. The molecule has 1 fully saturated rings. The monoisotopic (exact) mass is 263 g/mol. The van der Waals surface area contributed by atoms with Crippen LogP contribution >= 0.6 is 0 Å². The molecular weight excluding hydrogens is 242 g/mol. The fourth-order valence-electron chi connectivity index (χ4n) is 2.28. The lowest BCUT2D eigenvalue weighted by Gasteiger charge is -2.32. The van der Waals surface area contributed by atoms with Gasteiger partial charge in [-0.2, -0.15) is 0 Å². The molecule has 0 aromatic carbocycles. The number of pyridine rings is 1. The van der Waals surface area contributed by atoms with Gasteiger partial charge in [-0.3, -0.25) is 4.98 Å². The van der Waals surface area contributed by atoms with Crippen molar-refractivity contribution in [3.8, 4) is 0 Å². The minimum atomic E-state index is -0.196. The molecule has 1 aromatic heterocycles. The second-order valence-electron chi connectivity index (χ2n) is 4.74. The molecule has 1 saturated heterocycles. The van der Waals surface area contributed by atoms with Crippen molar-refractivity contribution in [2.24, 2.45) is 0 Å². The summed E-state index contributed by atoms with van der Waals surface area (Å²) in [5.74, 6) is 0. The molecule has 0 bridgehead atoms. The van der Waals surface area contributed by atoms with Crippen LogP contribution in [-0.4, -0.2) is 41.7 Å². The van der Waals surface area contributed by atoms with Crippen LogP contribution in [0.1, 0.15) is 25.5 Å². The number of nitrogens with one attached hydrogen (secondary N) is 1. The SMILES string of the molecule is CCOC(=O)N1CCC(Nc2cccnc2C)CC1. The van der Waals surface area contributed by atoms with E-state index in [0.717, 1.165) is 37.3 Å². The number of carbonyl (C=O) groups is 1.